The lowest BCUT2D eigenvalue weighted by molar-refractivity contribution is 0.565. The molecule has 3 nitrogen and oxygen atoms in total. The molecule has 0 aliphatic carbocycles. The Bertz CT molecular complexity index is 876. The van der Waals surface area contributed by atoms with Crippen LogP contribution >= 0.6 is 11.3 Å². The Kier molecular flexibility index (Phi) is 3.96. The average Bonchev–Trinajstić information content (AvgIpc) is 2.97. The van der Waals surface area contributed by atoms with Crippen LogP contribution in [0.5, 0.6) is 0 Å². The van der Waals surface area contributed by atoms with E-state index in [2.05, 4.69) is 42.4 Å². The fourth-order valence-electron chi connectivity index (χ4n) is 2.39. The third-order valence-electron chi connectivity index (χ3n) is 3.43. The predicted octanol–water partition coefficient (Wildman–Crippen LogP) is 5.06. The number of isocyanates is 1. The molecule has 22 heavy (non-hydrogen) atoms. The molecule has 0 unspecified atom stereocenters. The zero-order valence-electron chi connectivity index (χ0n) is 12.3. The molecule has 0 saturated carbocycles. The number of aryl methyl sites for hydroxylation is 2. The number of rotatable bonds is 3. The van der Waals surface area contributed by atoms with E-state index in [1.807, 2.05) is 18.2 Å². The van der Waals surface area contributed by atoms with Gasteiger partial charge < -0.3 is 0 Å². The maximum Gasteiger partial charge on any atom is 0.240 e. The van der Waals surface area contributed by atoms with Crippen molar-refractivity contribution in [3.63, 3.8) is 0 Å². The molecule has 0 bridgehead atoms. The Morgan fingerprint density at radius 3 is 2.77 bits per heavy atom. The molecule has 0 N–H and O–H groups in total. The summed E-state index contributed by atoms with van der Waals surface area (Å²) >= 11 is 1.59. The third kappa shape index (κ3) is 2.89. The number of carbonyl (C=O) groups excluding carboxylic acids is 1. The van der Waals surface area contributed by atoms with Gasteiger partial charge in [0.2, 0.25) is 6.08 Å². The molecule has 0 radical (unpaired) electrons. The Morgan fingerprint density at radius 1 is 1.14 bits per heavy atom. The van der Waals surface area contributed by atoms with Crippen LogP contribution in [0.2, 0.25) is 0 Å². The van der Waals surface area contributed by atoms with Crippen molar-refractivity contribution in [2.45, 2.75) is 13.8 Å². The fourth-order valence-corrected chi connectivity index (χ4v) is 3.21. The first-order chi connectivity index (χ1) is 10.7. The molecule has 0 aliphatic heterocycles. The third-order valence-corrected chi connectivity index (χ3v) is 4.32. The summed E-state index contributed by atoms with van der Waals surface area (Å²) in [5, 5.41) is 2.97. The monoisotopic (exact) mass is 306 g/mol. The van der Waals surface area contributed by atoms with Crippen molar-refractivity contribution in [2.24, 2.45) is 4.99 Å². The Morgan fingerprint density at radius 2 is 2.00 bits per heavy atom. The quantitative estimate of drug-likeness (QED) is 0.501. The Balaban J connectivity index is 2.00. The lowest BCUT2D eigenvalue weighted by Gasteiger charge is -2.03. The van der Waals surface area contributed by atoms with E-state index in [1.165, 1.54) is 11.1 Å². The van der Waals surface area contributed by atoms with Gasteiger partial charge in [0.05, 0.1) is 11.4 Å². The van der Waals surface area contributed by atoms with Crippen molar-refractivity contribution < 1.29 is 4.79 Å². The summed E-state index contributed by atoms with van der Waals surface area (Å²) in [6.07, 6.45) is 1.56. The van der Waals surface area contributed by atoms with Crippen molar-refractivity contribution in [3.8, 4) is 21.8 Å². The minimum absolute atomic E-state index is 0.593. The van der Waals surface area contributed by atoms with Gasteiger partial charge in [0.15, 0.2) is 0 Å². The first-order valence-electron chi connectivity index (χ1n) is 6.89. The van der Waals surface area contributed by atoms with Crippen molar-refractivity contribution >= 4 is 23.1 Å². The van der Waals surface area contributed by atoms with Crippen LogP contribution in [-0.2, 0) is 4.79 Å². The molecule has 3 rings (SSSR count). The van der Waals surface area contributed by atoms with Crippen LogP contribution in [0.3, 0.4) is 0 Å². The minimum Gasteiger partial charge on any atom is -0.236 e. The van der Waals surface area contributed by atoms with Crippen LogP contribution in [-0.4, -0.2) is 11.1 Å². The first kappa shape index (κ1) is 14.4. The number of aromatic nitrogens is 1. The van der Waals surface area contributed by atoms with Crippen LogP contribution in [0, 0.1) is 13.8 Å². The summed E-state index contributed by atoms with van der Waals surface area (Å²) in [6.45, 7) is 4.18. The minimum atomic E-state index is 0.593. The highest BCUT2D eigenvalue weighted by Gasteiger charge is 2.09. The molecule has 0 atom stereocenters. The van der Waals surface area contributed by atoms with Gasteiger partial charge in [0, 0.05) is 16.5 Å². The zero-order valence-corrected chi connectivity index (χ0v) is 13.1. The van der Waals surface area contributed by atoms with Crippen LogP contribution < -0.4 is 0 Å². The summed E-state index contributed by atoms with van der Waals surface area (Å²) in [6, 6.07) is 13.8. The molecule has 0 aliphatic rings. The molecule has 108 valence electrons. The largest absolute Gasteiger partial charge is 0.240 e. The van der Waals surface area contributed by atoms with Gasteiger partial charge in [-0.2, -0.15) is 4.99 Å². The molecule has 1 heterocycles. The van der Waals surface area contributed by atoms with Gasteiger partial charge in [0.25, 0.3) is 0 Å². The standard InChI is InChI=1S/C18H14N2OS/c1-12-6-7-16(13(2)8-12)17-10-22-18(20-17)14-4-3-5-15(9-14)19-11-21/h3-10H,1-2H3. The summed E-state index contributed by atoms with van der Waals surface area (Å²) in [4.78, 5) is 18.7. The normalized spacial score (nSPS) is 10.3. The number of nitrogens with zero attached hydrogens (tertiary/aromatic N) is 2. The second-order valence-electron chi connectivity index (χ2n) is 5.11. The van der Waals surface area contributed by atoms with E-state index in [1.54, 1.807) is 23.5 Å². The molecule has 4 heteroatoms. The van der Waals surface area contributed by atoms with E-state index in [0.717, 1.165) is 21.8 Å². The molecule has 0 saturated heterocycles. The fraction of sp³-hybridized carbons (Fsp3) is 0.111. The summed E-state index contributed by atoms with van der Waals surface area (Å²) in [5.41, 5.74) is 6.14. The second-order valence-corrected chi connectivity index (χ2v) is 5.97. The Hall–Kier alpha value is -2.55. The van der Waals surface area contributed by atoms with E-state index in [4.69, 9.17) is 4.98 Å². The summed E-state index contributed by atoms with van der Waals surface area (Å²) in [5.74, 6) is 0. The molecule has 0 amide bonds. The lowest BCUT2D eigenvalue weighted by Crippen LogP contribution is -1.85. The van der Waals surface area contributed by atoms with Crippen molar-refractivity contribution in [1.29, 1.82) is 0 Å². The van der Waals surface area contributed by atoms with Gasteiger partial charge >= 0.3 is 0 Å². The Labute approximate surface area is 133 Å². The summed E-state index contributed by atoms with van der Waals surface area (Å²) in [7, 11) is 0. The molecule has 0 fully saturated rings. The average molecular weight is 306 g/mol. The van der Waals surface area contributed by atoms with E-state index in [0.29, 0.717) is 5.69 Å². The van der Waals surface area contributed by atoms with E-state index >= 15 is 0 Å². The van der Waals surface area contributed by atoms with Crippen LogP contribution in [0.25, 0.3) is 21.8 Å². The van der Waals surface area contributed by atoms with Crippen LogP contribution in [0.15, 0.2) is 52.8 Å². The molecule has 0 spiro atoms. The van der Waals surface area contributed by atoms with E-state index in [-0.39, 0.29) is 0 Å². The van der Waals surface area contributed by atoms with Gasteiger partial charge in [-0.1, -0.05) is 35.9 Å². The van der Waals surface area contributed by atoms with E-state index < -0.39 is 0 Å². The number of hydrogen-bond acceptors (Lipinski definition) is 4. The van der Waals surface area contributed by atoms with Gasteiger partial charge in [-0.25, -0.2) is 9.78 Å². The highest BCUT2D eigenvalue weighted by atomic mass is 32.1. The van der Waals surface area contributed by atoms with Crippen molar-refractivity contribution in [1.82, 2.24) is 4.98 Å². The lowest BCUT2D eigenvalue weighted by atomic mass is 10.0. The molecule has 3 aromatic rings. The number of benzene rings is 2. The number of aliphatic imine (C=N–C) groups is 1. The molecule has 1 aromatic heterocycles. The maximum absolute atomic E-state index is 10.4. The van der Waals surface area contributed by atoms with Gasteiger partial charge in [-0.05, 0) is 31.5 Å². The molecule has 2 aromatic carbocycles. The van der Waals surface area contributed by atoms with Crippen molar-refractivity contribution in [2.75, 3.05) is 0 Å². The number of hydrogen-bond donors (Lipinski definition) is 0. The molecular formula is C18H14N2OS. The number of thiazole rings is 1. The van der Waals surface area contributed by atoms with E-state index in [9.17, 15) is 4.79 Å². The first-order valence-corrected chi connectivity index (χ1v) is 7.77. The highest BCUT2D eigenvalue weighted by Crippen LogP contribution is 2.32. The van der Waals surface area contributed by atoms with Gasteiger partial charge in [-0.3, -0.25) is 0 Å². The SMILES string of the molecule is Cc1ccc(-c2csc(-c3cccc(N=C=O)c3)n2)c(C)c1. The second kappa shape index (κ2) is 6.06. The highest BCUT2D eigenvalue weighted by molar-refractivity contribution is 7.13. The van der Waals surface area contributed by atoms with Crippen LogP contribution in [0.4, 0.5) is 5.69 Å². The predicted molar refractivity (Wildman–Crippen MR) is 90.2 cm³/mol. The summed E-state index contributed by atoms with van der Waals surface area (Å²) < 4.78 is 0. The van der Waals surface area contributed by atoms with Gasteiger partial charge in [-0.15, -0.1) is 11.3 Å². The van der Waals surface area contributed by atoms with Gasteiger partial charge in [0.1, 0.15) is 5.01 Å². The molecular weight excluding hydrogens is 292 g/mol. The van der Waals surface area contributed by atoms with Crippen molar-refractivity contribution in [3.05, 3.63) is 59.0 Å². The smallest absolute Gasteiger partial charge is 0.236 e. The topological polar surface area (TPSA) is 42.3 Å². The zero-order chi connectivity index (χ0) is 15.5. The van der Waals surface area contributed by atoms with Crippen LogP contribution in [0.1, 0.15) is 11.1 Å². The maximum atomic E-state index is 10.4.